The van der Waals surface area contributed by atoms with Gasteiger partial charge in [0.15, 0.2) is 5.69 Å². The molecular formula is C8H7BrClNO2. The van der Waals surface area contributed by atoms with Gasteiger partial charge in [0.1, 0.15) is 4.60 Å². The molecule has 0 fully saturated rings. The maximum Gasteiger partial charge on any atom is 0.358 e. The van der Waals surface area contributed by atoms with E-state index in [1.54, 1.807) is 6.07 Å². The SMILES string of the molecule is COC(=O)c1nc(Br)c(C)cc1Cl. The second kappa shape index (κ2) is 4.07. The molecule has 1 heterocycles. The van der Waals surface area contributed by atoms with Gasteiger partial charge in [-0.25, -0.2) is 9.78 Å². The van der Waals surface area contributed by atoms with E-state index in [0.29, 0.717) is 9.63 Å². The number of carbonyl (C=O) groups excluding carboxylic acids is 1. The Balaban J connectivity index is 3.23. The molecule has 1 rings (SSSR count). The minimum absolute atomic E-state index is 0.127. The number of methoxy groups -OCH3 is 1. The molecule has 0 aliphatic heterocycles. The molecule has 1 aromatic heterocycles. The summed E-state index contributed by atoms with van der Waals surface area (Å²) in [6.07, 6.45) is 0. The highest BCUT2D eigenvalue weighted by atomic mass is 79.9. The summed E-state index contributed by atoms with van der Waals surface area (Å²) in [6.45, 7) is 1.84. The lowest BCUT2D eigenvalue weighted by Crippen LogP contribution is -2.06. The molecule has 0 saturated carbocycles. The van der Waals surface area contributed by atoms with Crippen molar-refractivity contribution in [2.75, 3.05) is 7.11 Å². The van der Waals surface area contributed by atoms with Gasteiger partial charge in [-0.3, -0.25) is 0 Å². The fourth-order valence-corrected chi connectivity index (χ4v) is 1.37. The van der Waals surface area contributed by atoms with Gasteiger partial charge in [0.2, 0.25) is 0 Å². The highest BCUT2D eigenvalue weighted by Crippen LogP contribution is 2.21. The zero-order chi connectivity index (χ0) is 10.0. The van der Waals surface area contributed by atoms with Gasteiger partial charge < -0.3 is 4.74 Å². The molecule has 0 amide bonds. The predicted molar refractivity (Wildman–Crippen MR) is 53.0 cm³/mol. The summed E-state index contributed by atoms with van der Waals surface area (Å²) >= 11 is 8.99. The summed E-state index contributed by atoms with van der Waals surface area (Å²) in [5.74, 6) is -0.536. The van der Waals surface area contributed by atoms with E-state index in [4.69, 9.17) is 11.6 Å². The van der Waals surface area contributed by atoms with Crippen molar-refractivity contribution in [3.8, 4) is 0 Å². The Labute approximate surface area is 89.2 Å². The van der Waals surface area contributed by atoms with Crippen LogP contribution in [0.1, 0.15) is 16.1 Å². The summed E-state index contributed by atoms with van der Waals surface area (Å²) in [5, 5.41) is 0.299. The molecular weight excluding hydrogens is 257 g/mol. The third-order valence-corrected chi connectivity index (χ3v) is 2.57. The molecule has 0 spiro atoms. The number of nitrogens with zero attached hydrogens (tertiary/aromatic N) is 1. The number of aryl methyl sites for hydroxylation is 1. The molecule has 0 N–H and O–H groups in total. The first-order chi connectivity index (χ1) is 6.06. The van der Waals surface area contributed by atoms with Crippen molar-refractivity contribution in [1.82, 2.24) is 4.98 Å². The average molecular weight is 265 g/mol. The Bertz CT molecular complexity index is 354. The van der Waals surface area contributed by atoms with Gasteiger partial charge in [0, 0.05) is 0 Å². The monoisotopic (exact) mass is 263 g/mol. The first kappa shape index (κ1) is 10.5. The first-order valence-corrected chi connectivity index (χ1v) is 4.64. The summed E-state index contributed by atoms with van der Waals surface area (Å²) in [4.78, 5) is 15.1. The van der Waals surface area contributed by atoms with E-state index in [1.807, 2.05) is 6.92 Å². The van der Waals surface area contributed by atoms with Crippen molar-refractivity contribution in [2.24, 2.45) is 0 Å². The van der Waals surface area contributed by atoms with Crippen molar-refractivity contribution in [2.45, 2.75) is 6.92 Å². The summed E-state index contributed by atoms with van der Waals surface area (Å²) < 4.78 is 5.10. The van der Waals surface area contributed by atoms with Crippen LogP contribution in [-0.4, -0.2) is 18.1 Å². The third-order valence-electron chi connectivity index (χ3n) is 1.48. The smallest absolute Gasteiger partial charge is 0.358 e. The van der Waals surface area contributed by atoms with Crippen LogP contribution in [0.4, 0.5) is 0 Å². The van der Waals surface area contributed by atoms with Gasteiger partial charge in [0.25, 0.3) is 0 Å². The van der Waals surface area contributed by atoms with Crippen LogP contribution < -0.4 is 0 Å². The van der Waals surface area contributed by atoms with Crippen molar-refractivity contribution in [1.29, 1.82) is 0 Å². The molecule has 0 aromatic carbocycles. The Kier molecular flexibility index (Phi) is 3.27. The highest BCUT2D eigenvalue weighted by molar-refractivity contribution is 9.10. The number of halogens is 2. The van der Waals surface area contributed by atoms with E-state index in [1.165, 1.54) is 7.11 Å². The van der Waals surface area contributed by atoms with Crippen LogP contribution in [-0.2, 0) is 4.74 Å². The zero-order valence-corrected chi connectivity index (χ0v) is 9.44. The molecule has 0 radical (unpaired) electrons. The third kappa shape index (κ3) is 2.19. The molecule has 13 heavy (non-hydrogen) atoms. The minimum atomic E-state index is -0.536. The van der Waals surface area contributed by atoms with Crippen LogP contribution in [0.5, 0.6) is 0 Å². The van der Waals surface area contributed by atoms with Crippen LogP contribution in [0.15, 0.2) is 10.7 Å². The maximum atomic E-state index is 11.1. The van der Waals surface area contributed by atoms with Crippen LogP contribution in [0.25, 0.3) is 0 Å². The van der Waals surface area contributed by atoms with Crippen molar-refractivity contribution >= 4 is 33.5 Å². The lowest BCUT2D eigenvalue weighted by molar-refractivity contribution is 0.0594. The number of hydrogen-bond acceptors (Lipinski definition) is 3. The normalized spacial score (nSPS) is 9.85. The average Bonchev–Trinajstić information content (AvgIpc) is 2.10. The number of pyridine rings is 1. The van der Waals surface area contributed by atoms with Gasteiger partial charge in [0.05, 0.1) is 12.1 Å². The minimum Gasteiger partial charge on any atom is -0.464 e. The predicted octanol–water partition coefficient (Wildman–Crippen LogP) is 2.59. The number of esters is 1. The van der Waals surface area contributed by atoms with E-state index in [0.717, 1.165) is 5.56 Å². The van der Waals surface area contributed by atoms with E-state index in [9.17, 15) is 4.79 Å². The van der Waals surface area contributed by atoms with Crippen LogP contribution >= 0.6 is 27.5 Å². The number of rotatable bonds is 1. The Hall–Kier alpha value is -0.610. The van der Waals surface area contributed by atoms with E-state index in [2.05, 4.69) is 25.7 Å². The zero-order valence-electron chi connectivity index (χ0n) is 7.10. The molecule has 0 aliphatic carbocycles. The van der Waals surface area contributed by atoms with Gasteiger partial charge in [-0.1, -0.05) is 11.6 Å². The maximum absolute atomic E-state index is 11.1. The number of carbonyl (C=O) groups is 1. The van der Waals surface area contributed by atoms with E-state index in [-0.39, 0.29) is 5.69 Å². The summed E-state index contributed by atoms with van der Waals surface area (Å²) in [7, 11) is 1.29. The fraction of sp³-hybridized carbons (Fsp3) is 0.250. The van der Waals surface area contributed by atoms with Crippen molar-refractivity contribution in [3.63, 3.8) is 0 Å². The van der Waals surface area contributed by atoms with Gasteiger partial charge >= 0.3 is 5.97 Å². The lowest BCUT2D eigenvalue weighted by atomic mass is 10.3. The molecule has 3 nitrogen and oxygen atoms in total. The second-order valence-electron chi connectivity index (χ2n) is 2.42. The first-order valence-electron chi connectivity index (χ1n) is 3.47. The van der Waals surface area contributed by atoms with Crippen molar-refractivity contribution in [3.05, 3.63) is 26.9 Å². The lowest BCUT2D eigenvalue weighted by Gasteiger charge is -2.03. The van der Waals surface area contributed by atoms with Gasteiger partial charge in [-0.2, -0.15) is 0 Å². The summed E-state index contributed by atoms with van der Waals surface area (Å²) in [5.41, 5.74) is 0.999. The van der Waals surface area contributed by atoms with Gasteiger partial charge in [-0.15, -0.1) is 0 Å². The molecule has 0 atom stereocenters. The quantitative estimate of drug-likeness (QED) is 0.578. The number of hydrogen-bond donors (Lipinski definition) is 0. The highest BCUT2D eigenvalue weighted by Gasteiger charge is 2.14. The van der Waals surface area contributed by atoms with Crippen LogP contribution in [0.2, 0.25) is 5.02 Å². The number of aromatic nitrogens is 1. The van der Waals surface area contributed by atoms with Crippen LogP contribution in [0, 0.1) is 6.92 Å². The van der Waals surface area contributed by atoms with Gasteiger partial charge in [-0.05, 0) is 34.5 Å². The fourth-order valence-electron chi connectivity index (χ4n) is 0.798. The Morgan fingerprint density at radius 2 is 2.31 bits per heavy atom. The largest absolute Gasteiger partial charge is 0.464 e. The standard InChI is InChI=1S/C8H7BrClNO2/c1-4-3-5(10)6(8(12)13-2)11-7(4)9/h3H,1-2H3. The molecule has 70 valence electrons. The van der Waals surface area contributed by atoms with Crippen molar-refractivity contribution < 1.29 is 9.53 Å². The molecule has 0 aliphatic rings. The van der Waals surface area contributed by atoms with Crippen LogP contribution in [0.3, 0.4) is 0 Å². The number of ether oxygens (including phenoxy) is 1. The summed E-state index contributed by atoms with van der Waals surface area (Å²) in [6, 6.07) is 1.66. The molecule has 0 saturated heterocycles. The molecule has 1 aromatic rings. The molecule has 5 heteroatoms. The Morgan fingerprint density at radius 3 is 2.85 bits per heavy atom. The van der Waals surface area contributed by atoms with E-state index >= 15 is 0 Å². The van der Waals surface area contributed by atoms with E-state index < -0.39 is 5.97 Å². The topological polar surface area (TPSA) is 39.2 Å². The molecule has 0 bridgehead atoms. The molecule has 0 unspecified atom stereocenters. The Morgan fingerprint density at radius 1 is 1.69 bits per heavy atom. The second-order valence-corrected chi connectivity index (χ2v) is 3.58.